The Hall–Kier alpha value is -3.06. The first-order valence-electron chi connectivity index (χ1n) is 7.61. The molecule has 7 heteroatoms. The summed E-state index contributed by atoms with van der Waals surface area (Å²) in [6.45, 7) is 1.75. The number of ether oxygens (including phenoxy) is 2. The number of aryl methyl sites for hydroxylation is 1. The molecule has 0 unspecified atom stereocenters. The van der Waals surface area contributed by atoms with E-state index >= 15 is 0 Å². The minimum absolute atomic E-state index is 0.0881. The Kier molecular flexibility index (Phi) is 5.97. The second kappa shape index (κ2) is 8.16. The average Bonchev–Trinajstić information content (AvgIpc) is 2.63. The number of carbonyl (C=O) groups is 2. The van der Waals surface area contributed by atoms with Gasteiger partial charge in [0.2, 0.25) is 5.91 Å². The summed E-state index contributed by atoms with van der Waals surface area (Å²) in [5.41, 5.74) is 7.75. The van der Waals surface area contributed by atoms with Gasteiger partial charge in [-0.3, -0.25) is 9.59 Å². The predicted octanol–water partition coefficient (Wildman–Crippen LogP) is 2.16. The summed E-state index contributed by atoms with van der Waals surface area (Å²) in [5.74, 6) is 0.487. The van der Waals surface area contributed by atoms with Crippen LogP contribution >= 0.6 is 0 Å². The minimum Gasteiger partial charge on any atom is -0.497 e. The second-order valence-electron chi connectivity index (χ2n) is 5.34. The number of nitrogens with one attached hydrogen (secondary N) is 2. The van der Waals surface area contributed by atoms with E-state index in [4.69, 9.17) is 15.2 Å². The number of anilines is 2. The van der Waals surface area contributed by atoms with Gasteiger partial charge >= 0.3 is 0 Å². The van der Waals surface area contributed by atoms with Crippen LogP contribution in [-0.2, 0) is 4.79 Å². The predicted molar refractivity (Wildman–Crippen MR) is 96.4 cm³/mol. The van der Waals surface area contributed by atoms with Crippen molar-refractivity contribution in [3.8, 4) is 11.5 Å². The van der Waals surface area contributed by atoms with Crippen LogP contribution < -0.4 is 25.8 Å². The molecule has 0 bridgehead atoms. The highest BCUT2D eigenvalue weighted by Gasteiger charge is 2.12. The zero-order valence-corrected chi connectivity index (χ0v) is 14.4. The first kappa shape index (κ1) is 18.3. The maximum atomic E-state index is 12.5. The Morgan fingerprint density at radius 2 is 1.64 bits per heavy atom. The van der Waals surface area contributed by atoms with Crippen LogP contribution in [0.3, 0.4) is 0 Å². The van der Waals surface area contributed by atoms with Crippen molar-refractivity contribution in [2.24, 2.45) is 5.73 Å². The lowest BCUT2D eigenvalue weighted by Crippen LogP contribution is -2.22. The molecule has 2 aromatic rings. The van der Waals surface area contributed by atoms with Crippen LogP contribution in [0.25, 0.3) is 0 Å². The van der Waals surface area contributed by atoms with Gasteiger partial charge in [0, 0.05) is 23.0 Å². The van der Waals surface area contributed by atoms with Crippen molar-refractivity contribution in [1.29, 1.82) is 0 Å². The van der Waals surface area contributed by atoms with Gasteiger partial charge in [-0.25, -0.2) is 0 Å². The fraction of sp³-hybridized carbons (Fsp3) is 0.222. The van der Waals surface area contributed by atoms with E-state index in [9.17, 15) is 9.59 Å². The Morgan fingerprint density at radius 1 is 1.00 bits per heavy atom. The maximum Gasteiger partial charge on any atom is 0.255 e. The maximum absolute atomic E-state index is 12.5. The van der Waals surface area contributed by atoms with Gasteiger partial charge < -0.3 is 25.8 Å². The van der Waals surface area contributed by atoms with Gasteiger partial charge in [0.05, 0.1) is 20.8 Å². The van der Waals surface area contributed by atoms with Crippen molar-refractivity contribution in [2.45, 2.75) is 6.92 Å². The molecule has 0 saturated heterocycles. The highest BCUT2D eigenvalue weighted by atomic mass is 16.5. The van der Waals surface area contributed by atoms with E-state index in [-0.39, 0.29) is 18.4 Å². The van der Waals surface area contributed by atoms with Crippen LogP contribution in [0.5, 0.6) is 11.5 Å². The van der Waals surface area contributed by atoms with Crippen molar-refractivity contribution in [1.82, 2.24) is 0 Å². The summed E-state index contributed by atoms with van der Waals surface area (Å²) >= 11 is 0. The molecule has 7 nitrogen and oxygen atoms in total. The van der Waals surface area contributed by atoms with E-state index < -0.39 is 0 Å². The number of amides is 2. The van der Waals surface area contributed by atoms with E-state index in [1.54, 1.807) is 36.4 Å². The van der Waals surface area contributed by atoms with E-state index in [1.807, 2.05) is 6.92 Å². The Morgan fingerprint density at radius 3 is 2.16 bits per heavy atom. The first-order valence-corrected chi connectivity index (χ1v) is 7.61. The summed E-state index contributed by atoms with van der Waals surface area (Å²) < 4.78 is 10.3. The van der Waals surface area contributed by atoms with E-state index in [0.29, 0.717) is 28.4 Å². The van der Waals surface area contributed by atoms with Crippen molar-refractivity contribution in [3.05, 3.63) is 47.5 Å². The fourth-order valence-electron chi connectivity index (χ4n) is 2.23. The molecule has 0 saturated carbocycles. The molecule has 0 radical (unpaired) electrons. The number of carbonyl (C=O) groups excluding carboxylic acids is 2. The zero-order chi connectivity index (χ0) is 18.4. The topological polar surface area (TPSA) is 103 Å². The zero-order valence-electron chi connectivity index (χ0n) is 14.4. The second-order valence-corrected chi connectivity index (χ2v) is 5.34. The summed E-state index contributed by atoms with van der Waals surface area (Å²) in [5, 5.41) is 5.50. The van der Waals surface area contributed by atoms with Crippen LogP contribution in [0.1, 0.15) is 15.9 Å². The molecule has 0 aliphatic heterocycles. The molecule has 0 atom stereocenters. The molecule has 0 heterocycles. The Balaban J connectivity index is 2.19. The largest absolute Gasteiger partial charge is 0.497 e. The molecule has 132 valence electrons. The molecule has 25 heavy (non-hydrogen) atoms. The SMILES string of the molecule is COc1cc(OC)cc(C(=O)Nc2ccc(NC(=O)CN)cc2C)c1. The lowest BCUT2D eigenvalue weighted by atomic mass is 10.1. The van der Waals surface area contributed by atoms with Crippen molar-refractivity contribution >= 4 is 23.2 Å². The van der Waals surface area contributed by atoms with Crippen LogP contribution in [0.4, 0.5) is 11.4 Å². The van der Waals surface area contributed by atoms with Crippen molar-refractivity contribution < 1.29 is 19.1 Å². The molecule has 2 rings (SSSR count). The summed E-state index contributed by atoms with van der Waals surface area (Å²) in [7, 11) is 3.05. The normalized spacial score (nSPS) is 10.1. The molecule has 0 aliphatic carbocycles. The van der Waals surface area contributed by atoms with Crippen LogP contribution in [0.2, 0.25) is 0 Å². The lowest BCUT2D eigenvalue weighted by molar-refractivity contribution is -0.114. The molecule has 0 fully saturated rings. The first-order chi connectivity index (χ1) is 12.0. The van der Waals surface area contributed by atoms with Crippen molar-refractivity contribution in [3.63, 3.8) is 0 Å². The summed E-state index contributed by atoms with van der Waals surface area (Å²) in [6, 6.07) is 10.1. The van der Waals surface area contributed by atoms with E-state index in [1.165, 1.54) is 14.2 Å². The number of benzene rings is 2. The Labute approximate surface area is 146 Å². The highest BCUT2D eigenvalue weighted by molar-refractivity contribution is 6.05. The third-order valence-corrected chi connectivity index (χ3v) is 3.56. The van der Waals surface area contributed by atoms with Crippen LogP contribution in [-0.4, -0.2) is 32.6 Å². The third kappa shape index (κ3) is 4.71. The number of rotatable bonds is 6. The van der Waals surface area contributed by atoms with E-state index in [0.717, 1.165) is 5.56 Å². The number of methoxy groups -OCH3 is 2. The quantitative estimate of drug-likeness (QED) is 0.746. The molecule has 0 aliphatic rings. The van der Waals surface area contributed by atoms with Gasteiger partial charge in [-0.2, -0.15) is 0 Å². The highest BCUT2D eigenvalue weighted by Crippen LogP contribution is 2.24. The molecule has 2 aromatic carbocycles. The molecular formula is C18H21N3O4. The van der Waals surface area contributed by atoms with Gasteiger partial charge in [0.1, 0.15) is 11.5 Å². The van der Waals surface area contributed by atoms with Crippen molar-refractivity contribution in [2.75, 3.05) is 31.4 Å². The van der Waals surface area contributed by atoms with Crippen LogP contribution in [0, 0.1) is 6.92 Å². The molecule has 0 aromatic heterocycles. The Bertz CT molecular complexity index is 768. The number of hydrogen-bond acceptors (Lipinski definition) is 5. The summed E-state index contributed by atoms with van der Waals surface area (Å²) in [4.78, 5) is 23.8. The van der Waals surface area contributed by atoms with Gasteiger partial charge in [0.15, 0.2) is 0 Å². The van der Waals surface area contributed by atoms with Gasteiger partial charge in [-0.05, 0) is 42.8 Å². The molecule has 4 N–H and O–H groups in total. The number of nitrogens with two attached hydrogens (primary N) is 1. The van der Waals surface area contributed by atoms with Gasteiger partial charge in [-0.15, -0.1) is 0 Å². The molecule has 0 spiro atoms. The average molecular weight is 343 g/mol. The summed E-state index contributed by atoms with van der Waals surface area (Å²) in [6.07, 6.45) is 0. The monoisotopic (exact) mass is 343 g/mol. The smallest absolute Gasteiger partial charge is 0.255 e. The van der Waals surface area contributed by atoms with E-state index in [2.05, 4.69) is 10.6 Å². The standard InChI is InChI=1S/C18H21N3O4/c1-11-6-13(20-17(22)10-19)4-5-16(11)21-18(23)12-7-14(24-2)9-15(8-12)25-3/h4-9H,10,19H2,1-3H3,(H,20,22)(H,21,23). The number of hydrogen-bond donors (Lipinski definition) is 3. The fourth-order valence-corrected chi connectivity index (χ4v) is 2.23. The lowest BCUT2D eigenvalue weighted by Gasteiger charge is -2.12. The minimum atomic E-state index is -0.293. The van der Waals surface area contributed by atoms with Gasteiger partial charge in [-0.1, -0.05) is 0 Å². The molecular weight excluding hydrogens is 322 g/mol. The third-order valence-electron chi connectivity index (χ3n) is 3.56. The van der Waals surface area contributed by atoms with Crippen LogP contribution in [0.15, 0.2) is 36.4 Å². The van der Waals surface area contributed by atoms with Gasteiger partial charge in [0.25, 0.3) is 5.91 Å². The molecule has 2 amide bonds.